The molecule has 2 aromatic rings. The molecule has 0 radical (unpaired) electrons. The number of phenolic OH excluding ortho intramolecular Hbond substituents is 1. The van der Waals surface area contributed by atoms with Crippen molar-refractivity contribution in [2.45, 2.75) is 13.3 Å². The van der Waals surface area contributed by atoms with E-state index in [2.05, 4.69) is 11.8 Å². The fourth-order valence-corrected chi connectivity index (χ4v) is 2.42. The molecule has 0 unspecified atom stereocenters. The summed E-state index contributed by atoms with van der Waals surface area (Å²) in [7, 11) is 3.00. The van der Waals surface area contributed by atoms with Crippen molar-refractivity contribution in [3.05, 3.63) is 41.5 Å². The van der Waals surface area contributed by atoms with E-state index < -0.39 is 5.97 Å². The van der Waals surface area contributed by atoms with Crippen LogP contribution in [0.15, 0.2) is 30.3 Å². The topological polar surface area (TPSA) is 74.2 Å². The molecule has 0 heterocycles. The van der Waals surface area contributed by atoms with E-state index in [-0.39, 0.29) is 21.7 Å². The first-order chi connectivity index (χ1) is 13.5. The summed E-state index contributed by atoms with van der Waals surface area (Å²) in [5, 5.41) is 9.96. The molecule has 0 atom stereocenters. The van der Waals surface area contributed by atoms with Gasteiger partial charge in [0, 0.05) is 17.7 Å². The number of aromatic hydroxyl groups is 1. The summed E-state index contributed by atoms with van der Waals surface area (Å²) >= 11 is 1.90. The second-order valence-electron chi connectivity index (χ2n) is 5.59. The molecule has 0 amide bonds. The lowest BCUT2D eigenvalue weighted by Gasteiger charge is -2.10. The molecule has 148 valence electrons. The third-order valence-electron chi connectivity index (χ3n) is 3.58. The Morgan fingerprint density at radius 2 is 1.79 bits per heavy atom. The van der Waals surface area contributed by atoms with Crippen molar-refractivity contribution < 1.29 is 28.8 Å². The van der Waals surface area contributed by atoms with E-state index in [4.69, 9.17) is 18.9 Å². The lowest BCUT2D eigenvalue weighted by molar-refractivity contribution is -0.131. The largest absolute Gasteiger partial charge is 0.504 e. The molecule has 0 bridgehead atoms. The average molecular weight is 496 g/mol. The van der Waals surface area contributed by atoms with Gasteiger partial charge in [-0.3, -0.25) is 4.79 Å². The van der Waals surface area contributed by atoms with Gasteiger partial charge in [-0.1, -0.05) is 41.4 Å². The first-order valence-electron chi connectivity index (χ1n) is 8.52. The van der Waals surface area contributed by atoms with Crippen molar-refractivity contribution in [3.8, 4) is 40.6 Å². The van der Waals surface area contributed by atoms with Crippen LogP contribution in [0.2, 0.25) is 0 Å². The summed E-state index contributed by atoms with van der Waals surface area (Å²) in [6.45, 7) is 2.63. The highest BCUT2D eigenvalue weighted by molar-refractivity contribution is 14.1. The molecule has 2 aromatic carbocycles. The quantitative estimate of drug-likeness (QED) is 0.206. The molecule has 7 heteroatoms. The Kier molecular flexibility index (Phi) is 8.26. The SMILES string of the molecule is CCCOc1ccc(C#Cc2cc(OC)c(O)cc2OC(=O)CI)cc1OC. The third-order valence-corrected chi connectivity index (χ3v) is 4.20. The lowest BCUT2D eigenvalue weighted by Crippen LogP contribution is -2.09. The zero-order valence-corrected chi connectivity index (χ0v) is 18.0. The van der Waals surface area contributed by atoms with Crippen LogP contribution in [-0.2, 0) is 4.79 Å². The van der Waals surface area contributed by atoms with E-state index >= 15 is 0 Å². The van der Waals surface area contributed by atoms with Crippen LogP contribution in [0.1, 0.15) is 24.5 Å². The number of rotatable bonds is 7. The number of hydrogen-bond donors (Lipinski definition) is 1. The fourth-order valence-electron chi connectivity index (χ4n) is 2.26. The number of carbonyl (C=O) groups is 1. The Morgan fingerprint density at radius 3 is 2.43 bits per heavy atom. The molecule has 0 spiro atoms. The Morgan fingerprint density at radius 1 is 1.04 bits per heavy atom. The van der Waals surface area contributed by atoms with E-state index in [1.165, 1.54) is 19.2 Å². The van der Waals surface area contributed by atoms with Crippen molar-refractivity contribution in [2.75, 3.05) is 25.3 Å². The van der Waals surface area contributed by atoms with E-state index in [1.54, 1.807) is 19.2 Å². The number of alkyl halides is 1. The fraction of sp³-hybridized carbons (Fsp3) is 0.286. The molecule has 0 saturated heterocycles. The maximum absolute atomic E-state index is 11.7. The van der Waals surface area contributed by atoms with Gasteiger partial charge in [0.1, 0.15) is 5.75 Å². The van der Waals surface area contributed by atoms with Crippen LogP contribution in [-0.4, -0.2) is 36.3 Å². The molecule has 0 aromatic heterocycles. The van der Waals surface area contributed by atoms with E-state index in [9.17, 15) is 9.90 Å². The van der Waals surface area contributed by atoms with Crippen molar-refractivity contribution in [3.63, 3.8) is 0 Å². The second kappa shape index (κ2) is 10.7. The summed E-state index contributed by atoms with van der Waals surface area (Å²) < 4.78 is 21.6. The number of ether oxygens (including phenoxy) is 4. The molecule has 0 saturated carbocycles. The second-order valence-corrected chi connectivity index (χ2v) is 6.35. The van der Waals surface area contributed by atoms with Gasteiger partial charge in [-0.15, -0.1) is 0 Å². The summed E-state index contributed by atoms with van der Waals surface area (Å²) in [4.78, 5) is 11.7. The van der Waals surface area contributed by atoms with E-state index in [0.717, 1.165) is 6.42 Å². The van der Waals surface area contributed by atoms with Gasteiger partial charge in [0.2, 0.25) is 0 Å². The Labute approximate surface area is 177 Å². The maximum Gasteiger partial charge on any atom is 0.321 e. The highest BCUT2D eigenvalue weighted by Crippen LogP contribution is 2.34. The van der Waals surface area contributed by atoms with Gasteiger partial charge in [-0.25, -0.2) is 0 Å². The number of methoxy groups -OCH3 is 2. The number of carbonyl (C=O) groups excluding carboxylic acids is 1. The molecule has 1 N–H and O–H groups in total. The van der Waals surface area contributed by atoms with Gasteiger partial charge in [0.15, 0.2) is 23.0 Å². The minimum Gasteiger partial charge on any atom is -0.504 e. The zero-order chi connectivity index (χ0) is 20.5. The number of benzene rings is 2. The smallest absolute Gasteiger partial charge is 0.321 e. The number of esters is 1. The number of phenols is 1. The highest BCUT2D eigenvalue weighted by atomic mass is 127. The predicted octanol–water partition coefficient (Wildman–Crippen LogP) is 3.94. The van der Waals surface area contributed by atoms with Crippen molar-refractivity contribution >= 4 is 28.6 Å². The van der Waals surface area contributed by atoms with Gasteiger partial charge in [-0.2, -0.15) is 0 Å². The molecular weight excluding hydrogens is 475 g/mol. The van der Waals surface area contributed by atoms with Crippen LogP contribution < -0.4 is 18.9 Å². The van der Waals surface area contributed by atoms with Gasteiger partial charge in [0.25, 0.3) is 0 Å². The monoisotopic (exact) mass is 496 g/mol. The summed E-state index contributed by atoms with van der Waals surface area (Å²) in [5.74, 6) is 7.03. The van der Waals surface area contributed by atoms with Crippen LogP contribution in [0.25, 0.3) is 0 Å². The normalized spacial score (nSPS) is 9.86. The molecule has 0 aliphatic heterocycles. The van der Waals surface area contributed by atoms with Crippen molar-refractivity contribution in [2.24, 2.45) is 0 Å². The highest BCUT2D eigenvalue weighted by Gasteiger charge is 2.13. The summed E-state index contributed by atoms with van der Waals surface area (Å²) in [5.41, 5.74) is 1.11. The Hall–Kier alpha value is -2.60. The molecule has 28 heavy (non-hydrogen) atoms. The maximum atomic E-state index is 11.7. The first kappa shape index (κ1) is 21.7. The molecule has 6 nitrogen and oxygen atoms in total. The Bertz CT molecular complexity index is 898. The molecule has 0 aliphatic carbocycles. The van der Waals surface area contributed by atoms with E-state index in [0.29, 0.717) is 29.2 Å². The van der Waals surface area contributed by atoms with Gasteiger partial charge < -0.3 is 24.1 Å². The van der Waals surface area contributed by atoms with Gasteiger partial charge in [0.05, 0.1) is 30.8 Å². The van der Waals surface area contributed by atoms with Gasteiger partial charge >= 0.3 is 5.97 Å². The van der Waals surface area contributed by atoms with Crippen LogP contribution in [0.5, 0.6) is 28.7 Å². The summed E-state index contributed by atoms with van der Waals surface area (Å²) in [6.07, 6.45) is 0.895. The van der Waals surface area contributed by atoms with E-state index in [1.807, 2.05) is 35.6 Å². The minimum absolute atomic E-state index is 0.136. The first-order valence-corrected chi connectivity index (χ1v) is 10.0. The minimum atomic E-state index is -0.438. The predicted molar refractivity (Wildman–Crippen MR) is 114 cm³/mol. The molecular formula is C21H21IO6. The van der Waals surface area contributed by atoms with Crippen molar-refractivity contribution in [1.82, 2.24) is 0 Å². The molecule has 2 rings (SSSR count). The average Bonchev–Trinajstić information content (AvgIpc) is 2.71. The molecule has 0 aliphatic rings. The standard InChI is InChI=1S/C21H21IO6/c1-4-9-27-17-8-6-14(10-20(17)26-3)5-7-15-11-19(25-2)16(23)12-18(15)28-21(24)13-22/h6,8,10-12,23H,4,9,13H2,1-3H3. The van der Waals surface area contributed by atoms with Crippen LogP contribution >= 0.6 is 22.6 Å². The van der Waals surface area contributed by atoms with Crippen molar-refractivity contribution in [1.29, 1.82) is 0 Å². The number of halogens is 1. The number of hydrogen-bond acceptors (Lipinski definition) is 6. The van der Waals surface area contributed by atoms with Crippen LogP contribution in [0.3, 0.4) is 0 Å². The zero-order valence-electron chi connectivity index (χ0n) is 15.9. The van der Waals surface area contributed by atoms with Crippen LogP contribution in [0.4, 0.5) is 0 Å². The molecule has 0 fully saturated rings. The third kappa shape index (κ3) is 5.70. The summed E-state index contributed by atoms with van der Waals surface area (Å²) in [6, 6.07) is 8.22. The van der Waals surface area contributed by atoms with Crippen LogP contribution in [0, 0.1) is 11.8 Å². The Balaban J connectivity index is 2.39. The lowest BCUT2D eigenvalue weighted by atomic mass is 10.1. The van der Waals surface area contributed by atoms with Gasteiger partial charge in [-0.05, 0) is 24.6 Å².